The molecule has 0 bridgehead atoms. The molecule has 2 rings (SSSR count). The number of fused-ring (bicyclic) bond motifs is 1. The summed E-state index contributed by atoms with van der Waals surface area (Å²) in [4.78, 5) is 10.1. The van der Waals surface area contributed by atoms with E-state index in [1.54, 1.807) is 17.6 Å². The second-order valence-corrected chi connectivity index (χ2v) is 4.70. The van der Waals surface area contributed by atoms with Crippen LogP contribution in [0.2, 0.25) is 0 Å². The summed E-state index contributed by atoms with van der Waals surface area (Å²) in [5.41, 5.74) is 0. The molecule has 15 heavy (non-hydrogen) atoms. The zero-order valence-corrected chi connectivity index (χ0v) is 10.5. The average molecular weight is 238 g/mol. The first kappa shape index (κ1) is 12.3. The third-order valence-corrected chi connectivity index (χ3v) is 3.52. The standard InChI is InChI=1S/C8H6S.C4H8OS/c1-2-4-8-7(3-1)5-6-9-8;1-3-4(5)6-2/h1-6H;3H2,1-2H3. The molecule has 0 aliphatic carbocycles. The largest absolute Gasteiger partial charge is 0.287 e. The SMILES string of the molecule is CCC(=O)SC.c1ccc2sccc2c1. The number of hydrogen-bond donors (Lipinski definition) is 0. The van der Waals surface area contributed by atoms with Crippen molar-refractivity contribution in [2.24, 2.45) is 0 Å². The van der Waals surface area contributed by atoms with Gasteiger partial charge in [-0.25, -0.2) is 0 Å². The van der Waals surface area contributed by atoms with E-state index in [4.69, 9.17) is 0 Å². The third-order valence-electron chi connectivity index (χ3n) is 1.88. The molecule has 0 aliphatic heterocycles. The van der Waals surface area contributed by atoms with E-state index in [9.17, 15) is 4.79 Å². The maximum atomic E-state index is 10.1. The van der Waals surface area contributed by atoms with Crippen LogP contribution in [0.5, 0.6) is 0 Å². The van der Waals surface area contributed by atoms with Crippen molar-refractivity contribution >= 4 is 38.3 Å². The van der Waals surface area contributed by atoms with E-state index in [0.29, 0.717) is 6.42 Å². The Balaban J connectivity index is 0.000000167. The Morgan fingerprint density at radius 1 is 1.33 bits per heavy atom. The molecule has 0 unspecified atom stereocenters. The quantitative estimate of drug-likeness (QED) is 0.741. The molecule has 0 saturated carbocycles. The van der Waals surface area contributed by atoms with Crippen molar-refractivity contribution in [1.82, 2.24) is 0 Å². The summed E-state index contributed by atoms with van der Waals surface area (Å²) in [6.07, 6.45) is 2.45. The van der Waals surface area contributed by atoms with Gasteiger partial charge in [-0.15, -0.1) is 11.3 Å². The van der Waals surface area contributed by atoms with Crippen LogP contribution in [0.1, 0.15) is 13.3 Å². The summed E-state index contributed by atoms with van der Waals surface area (Å²) in [5.74, 6) is 0. The molecule has 1 aromatic carbocycles. The Morgan fingerprint density at radius 2 is 2.07 bits per heavy atom. The lowest BCUT2D eigenvalue weighted by molar-refractivity contribution is -0.110. The average Bonchev–Trinajstić information content (AvgIpc) is 2.76. The Hall–Kier alpha value is -0.800. The predicted octanol–water partition coefficient (Wildman–Crippen LogP) is 4.19. The number of carbonyl (C=O) groups is 1. The van der Waals surface area contributed by atoms with Gasteiger partial charge in [-0.2, -0.15) is 0 Å². The van der Waals surface area contributed by atoms with Gasteiger partial charge in [0.1, 0.15) is 0 Å². The number of thioether (sulfide) groups is 1. The normalized spacial score (nSPS) is 9.47. The highest BCUT2D eigenvalue weighted by Gasteiger charge is 1.88. The second-order valence-electron chi connectivity index (χ2n) is 2.89. The monoisotopic (exact) mass is 238 g/mol. The van der Waals surface area contributed by atoms with Crippen molar-refractivity contribution in [3.63, 3.8) is 0 Å². The Bertz CT molecular complexity index is 384. The molecule has 0 amide bonds. The molecular weight excluding hydrogens is 224 g/mol. The maximum Gasteiger partial charge on any atom is 0.188 e. The summed E-state index contributed by atoms with van der Waals surface area (Å²) in [6.45, 7) is 1.86. The maximum absolute atomic E-state index is 10.1. The molecule has 0 fully saturated rings. The zero-order valence-electron chi connectivity index (χ0n) is 8.90. The van der Waals surface area contributed by atoms with Crippen LogP contribution in [0.3, 0.4) is 0 Å². The summed E-state index contributed by atoms with van der Waals surface area (Å²) in [5, 5.41) is 3.72. The molecule has 2 aromatic rings. The molecule has 0 radical (unpaired) electrons. The molecule has 0 saturated heterocycles. The Labute approximate surface area is 98.5 Å². The number of benzene rings is 1. The summed E-state index contributed by atoms with van der Waals surface area (Å²) in [7, 11) is 0. The molecule has 0 spiro atoms. The van der Waals surface area contributed by atoms with Crippen LogP contribution < -0.4 is 0 Å². The van der Waals surface area contributed by atoms with E-state index in [-0.39, 0.29) is 5.12 Å². The van der Waals surface area contributed by atoms with Crippen LogP contribution in [0.25, 0.3) is 10.1 Å². The van der Waals surface area contributed by atoms with Gasteiger partial charge in [0.15, 0.2) is 5.12 Å². The molecule has 0 atom stereocenters. The lowest BCUT2D eigenvalue weighted by atomic mass is 10.3. The molecule has 80 valence electrons. The van der Waals surface area contributed by atoms with E-state index in [1.807, 2.05) is 6.92 Å². The fraction of sp³-hybridized carbons (Fsp3) is 0.250. The number of hydrogen-bond acceptors (Lipinski definition) is 3. The Kier molecular flexibility index (Phi) is 5.43. The van der Waals surface area contributed by atoms with E-state index < -0.39 is 0 Å². The highest BCUT2D eigenvalue weighted by atomic mass is 32.2. The van der Waals surface area contributed by atoms with Gasteiger partial charge in [-0.05, 0) is 29.2 Å². The van der Waals surface area contributed by atoms with E-state index in [0.717, 1.165) is 0 Å². The van der Waals surface area contributed by atoms with Crippen LogP contribution in [0.15, 0.2) is 35.7 Å². The van der Waals surface area contributed by atoms with E-state index in [2.05, 4.69) is 35.7 Å². The van der Waals surface area contributed by atoms with E-state index >= 15 is 0 Å². The molecule has 1 heterocycles. The fourth-order valence-corrected chi connectivity index (χ4v) is 2.13. The summed E-state index contributed by atoms with van der Waals surface area (Å²) >= 11 is 3.07. The van der Waals surface area contributed by atoms with Crippen molar-refractivity contribution in [3.05, 3.63) is 35.7 Å². The van der Waals surface area contributed by atoms with Crippen LogP contribution in [-0.2, 0) is 4.79 Å². The highest BCUT2D eigenvalue weighted by Crippen LogP contribution is 2.18. The number of thiophene rings is 1. The van der Waals surface area contributed by atoms with Gasteiger partial charge < -0.3 is 0 Å². The molecule has 1 nitrogen and oxygen atoms in total. The van der Waals surface area contributed by atoms with Gasteiger partial charge in [-0.1, -0.05) is 36.9 Å². The van der Waals surface area contributed by atoms with Crippen LogP contribution >= 0.6 is 23.1 Å². The lowest BCUT2D eigenvalue weighted by Crippen LogP contribution is -1.81. The zero-order chi connectivity index (χ0) is 11.1. The van der Waals surface area contributed by atoms with Gasteiger partial charge in [0, 0.05) is 11.1 Å². The lowest BCUT2D eigenvalue weighted by Gasteiger charge is -1.82. The van der Waals surface area contributed by atoms with Gasteiger partial charge in [0.25, 0.3) is 0 Å². The van der Waals surface area contributed by atoms with Crippen molar-refractivity contribution in [2.45, 2.75) is 13.3 Å². The van der Waals surface area contributed by atoms with Gasteiger partial charge in [-0.3, -0.25) is 4.79 Å². The molecule has 0 aliphatic rings. The van der Waals surface area contributed by atoms with Gasteiger partial charge >= 0.3 is 0 Å². The smallest absolute Gasteiger partial charge is 0.188 e. The highest BCUT2D eigenvalue weighted by molar-refractivity contribution is 8.13. The molecule has 0 N–H and O–H groups in total. The second kappa shape index (κ2) is 6.64. The predicted molar refractivity (Wildman–Crippen MR) is 70.6 cm³/mol. The van der Waals surface area contributed by atoms with Crippen molar-refractivity contribution in [2.75, 3.05) is 6.26 Å². The third kappa shape index (κ3) is 4.06. The van der Waals surface area contributed by atoms with Gasteiger partial charge in [0.05, 0.1) is 0 Å². The summed E-state index contributed by atoms with van der Waals surface area (Å²) < 4.78 is 1.37. The first-order valence-electron chi connectivity index (χ1n) is 4.77. The number of carbonyl (C=O) groups excluding carboxylic acids is 1. The Morgan fingerprint density at radius 3 is 2.60 bits per heavy atom. The van der Waals surface area contributed by atoms with Crippen molar-refractivity contribution in [3.8, 4) is 0 Å². The summed E-state index contributed by atoms with van der Waals surface area (Å²) in [6, 6.07) is 10.5. The van der Waals surface area contributed by atoms with Crippen molar-refractivity contribution in [1.29, 1.82) is 0 Å². The first-order chi connectivity index (χ1) is 7.27. The molecular formula is C12H14OS2. The van der Waals surface area contributed by atoms with Crippen LogP contribution in [-0.4, -0.2) is 11.4 Å². The van der Waals surface area contributed by atoms with Crippen molar-refractivity contribution < 1.29 is 4.79 Å². The van der Waals surface area contributed by atoms with Gasteiger partial charge in [0.2, 0.25) is 0 Å². The minimum Gasteiger partial charge on any atom is -0.287 e. The topological polar surface area (TPSA) is 17.1 Å². The fourth-order valence-electron chi connectivity index (χ4n) is 1.05. The minimum atomic E-state index is 0.259. The molecule has 3 heteroatoms. The number of rotatable bonds is 1. The van der Waals surface area contributed by atoms with E-state index in [1.165, 1.54) is 21.8 Å². The molecule has 1 aromatic heterocycles. The van der Waals surface area contributed by atoms with Crippen LogP contribution in [0, 0.1) is 0 Å². The van der Waals surface area contributed by atoms with Crippen LogP contribution in [0.4, 0.5) is 0 Å². The minimum absolute atomic E-state index is 0.259. The first-order valence-corrected chi connectivity index (χ1v) is 6.87.